The Morgan fingerprint density at radius 3 is 2.30 bits per heavy atom. The van der Waals surface area contributed by atoms with Gasteiger partial charge in [0, 0.05) is 14.1 Å². The molecule has 1 amide bonds. The van der Waals surface area contributed by atoms with Gasteiger partial charge in [-0.3, -0.25) is 0 Å². The highest BCUT2D eigenvalue weighted by Crippen LogP contribution is 1.86. The maximum atomic E-state index is 11.0. The zero-order chi connectivity index (χ0) is 7.56. The highest BCUT2D eigenvalue weighted by molar-refractivity contribution is 5.75. The fourth-order valence-electron chi connectivity index (χ4n) is 0.530. The fourth-order valence-corrected chi connectivity index (χ4v) is 0.530. The van der Waals surface area contributed by atoms with Crippen LogP contribution in [0.4, 0.5) is 4.79 Å². The lowest BCUT2D eigenvalue weighted by Crippen LogP contribution is -2.26. The van der Waals surface area contributed by atoms with E-state index in [1.807, 2.05) is 0 Å². The van der Waals surface area contributed by atoms with Gasteiger partial charge in [0.1, 0.15) is 12.7 Å². The van der Waals surface area contributed by atoms with Crippen LogP contribution in [0.1, 0.15) is 0 Å². The first-order chi connectivity index (χ1) is 4.72. The van der Waals surface area contributed by atoms with Crippen LogP contribution in [-0.4, -0.2) is 39.8 Å². The van der Waals surface area contributed by atoms with Crippen LogP contribution in [0, 0.1) is 0 Å². The van der Waals surface area contributed by atoms with Crippen LogP contribution in [0.25, 0.3) is 0 Å². The number of nitrogens with zero attached hydrogens (tertiary/aromatic N) is 4. The molecule has 1 heterocycles. The zero-order valence-electron chi connectivity index (χ0n) is 5.85. The van der Waals surface area contributed by atoms with Gasteiger partial charge in [-0.1, -0.05) is 0 Å². The highest BCUT2D eigenvalue weighted by atomic mass is 16.2. The first-order valence-corrected chi connectivity index (χ1v) is 2.78. The van der Waals surface area contributed by atoms with Crippen LogP contribution in [0.3, 0.4) is 0 Å². The third-order valence-corrected chi connectivity index (χ3v) is 1.02. The minimum absolute atomic E-state index is 0.148. The van der Waals surface area contributed by atoms with Gasteiger partial charge in [-0.15, -0.1) is 10.2 Å². The summed E-state index contributed by atoms with van der Waals surface area (Å²) in [7, 11) is 3.34. The Labute approximate surface area is 58.3 Å². The second-order valence-electron chi connectivity index (χ2n) is 2.05. The van der Waals surface area contributed by atoms with E-state index in [0.717, 1.165) is 0 Å². The summed E-state index contributed by atoms with van der Waals surface area (Å²) in [6, 6.07) is -0.148. The maximum absolute atomic E-state index is 11.0. The molecule has 0 atom stereocenters. The Hall–Kier alpha value is -1.39. The van der Waals surface area contributed by atoms with E-state index in [1.54, 1.807) is 14.1 Å². The summed E-state index contributed by atoms with van der Waals surface area (Å²) in [5, 5.41) is 6.98. The lowest BCUT2D eigenvalue weighted by atomic mass is 10.8. The number of carbonyl (C=O) groups is 1. The van der Waals surface area contributed by atoms with Crippen molar-refractivity contribution in [1.29, 1.82) is 0 Å². The van der Waals surface area contributed by atoms with Crippen LogP contribution < -0.4 is 0 Å². The molecule has 0 unspecified atom stereocenters. The molecule has 10 heavy (non-hydrogen) atoms. The van der Waals surface area contributed by atoms with Crippen molar-refractivity contribution < 1.29 is 4.79 Å². The monoisotopic (exact) mass is 140 g/mol. The van der Waals surface area contributed by atoms with Gasteiger partial charge < -0.3 is 4.90 Å². The van der Waals surface area contributed by atoms with Crippen molar-refractivity contribution in [2.45, 2.75) is 0 Å². The molecule has 54 valence electrons. The summed E-state index contributed by atoms with van der Waals surface area (Å²) < 4.78 is 1.31. The summed E-state index contributed by atoms with van der Waals surface area (Å²) in [6.07, 6.45) is 2.73. The molecule has 0 aliphatic rings. The van der Waals surface area contributed by atoms with Crippen molar-refractivity contribution in [3.05, 3.63) is 12.7 Å². The third-order valence-electron chi connectivity index (χ3n) is 1.02. The van der Waals surface area contributed by atoms with Gasteiger partial charge in [-0.2, -0.15) is 0 Å². The minimum atomic E-state index is -0.148. The van der Waals surface area contributed by atoms with Crippen LogP contribution in [0.15, 0.2) is 12.7 Å². The Morgan fingerprint density at radius 1 is 1.40 bits per heavy atom. The first-order valence-electron chi connectivity index (χ1n) is 2.78. The van der Waals surface area contributed by atoms with Crippen molar-refractivity contribution in [2.75, 3.05) is 14.1 Å². The second kappa shape index (κ2) is 2.47. The molecule has 0 spiro atoms. The lowest BCUT2D eigenvalue weighted by molar-refractivity contribution is 0.219. The average Bonchev–Trinajstić information content (AvgIpc) is 2.36. The van der Waals surface area contributed by atoms with E-state index in [2.05, 4.69) is 10.2 Å². The van der Waals surface area contributed by atoms with E-state index >= 15 is 0 Å². The zero-order valence-corrected chi connectivity index (χ0v) is 5.85. The van der Waals surface area contributed by atoms with Gasteiger partial charge >= 0.3 is 6.03 Å². The standard InChI is InChI=1S/C5H8N4O/c1-8(2)5(10)9-3-6-7-4-9/h3-4H,1-2H3. The van der Waals surface area contributed by atoms with E-state index in [0.29, 0.717) is 0 Å². The maximum Gasteiger partial charge on any atom is 0.330 e. The Kier molecular flexibility index (Phi) is 1.66. The number of amides is 1. The van der Waals surface area contributed by atoms with Crippen LogP contribution in [0.2, 0.25) is 0 Å². The molecule has 0 radical (unpaired) electrons. The van der Waals surface area contributed by atoms with Gasteiger partial charge in [-0.05, 0) is 0 Å². The number of aromatic nitrogens is 3. The lowest BCUT2D eigenvalue weighted by Gasteiger charge is -2.08. The number of rotatable bonds is 0. The van der Waals surface area contributed by atoms with Crippen LogP contribution >= 0.6 is 0 Å². The van der Waals surface area contributed by atoms with E-state index in [-0.39, 0.29) is 6.03 Å². The Bertz CT molecular complexity index is 216. The largest absolute Gasteiger partial charge is 0.330 e. The molecular weight excluding hydrogens is 132 g/mol. The fraction of sp³-hybridized carbons (Fsp3) is 0.400. The molecule has 5 nitrogen and oxygen atoms in total. The van der Waals surface area contributed by atoms with E-state index in [1.165, 1.54) is 22.1 Å². The van der Waals surface area contributed by atoms with Crippen LogP contribution in [-0.2, 0) is 0 Å². The topological polar surface area (TPSA) is 51.0 Å². The van der Waals surface area contributed by atoms with Gasteiger partial charge in [-0.25, -0.2) is 9.36 Å². The van der Waals surface area contributed by atoms with Crippen molar-refractivity contribution >= 4 is 6.03 Å². The summed E-state index contributed by atoms with van der Waals surface area (Å²) in [5.74, 6) is 0. The highest BCUT2D eigenvalue weighted by Gasteiger charge is 2.04. The van der Waals surface area contributed by atoms with E-state index < -0.39 is 0 Å². The molecule has 0 aliphatic carbocycles. The normalized spacial score (nSPS) is 9.40. The van der Waals surface area contributed by atoms with Crippen molar-refractivity contribution in [3.63, 3.8) is 0 Å². The summed E-state index contributed by atoms with van der Waals surface area (Å²) in [5.41, 5.74) is 0. The predicted molar refractivity (Wildman–Crippen MR) is 34.5 cm³/mol. The Balaban J connectivity index is 2.78. The molecule has 1 aromatic rings. The number of carbonyl (C=O) groups excluding carboxylic acids is 1. The molecule has 0 bridgehead atoms. The molecule has 0 saturated heterocycles. The molecule has 0 saturated carbocycles. The van der Waals surface area contributed by atoms with Crippen molar-refractivity contribution in [3.8, 4) is 0 Å². The molecule has 1 aromatic heterocycles. The molecule has 0 aliphatic heterocycles. The third kappa shape index (κ3) is 1.12. The van der Waals surface area contributed by atoms with E-state index in [4.69, 9.17) is 0 Å². The van der Waals surface area contributed by atoms with Crippen LogP contribution in [0.5, 0.6) is 0 Å². The number of hydrogen-bond acceptors (Lipinski definition) is 3. The SMILES string of the molecule is CN(C)C(=O)n1cnnc1. The summed E-state index contributed by atoms with van der Waals surface area (Å²) in [6.45, 7) is 0. The predicted octanol–water partition coefficient (Wildman–Crippen LogP) is -0.192. The first kappa shape index (κ1) is 6.73. The van der Waals surface area contributed by atoms with Crippen molar-refractivity contribution in [1.82, 2.24) is 19.7 Å². The quantitative estimate of drug-likeness (QED) is 0.501. The smallest absolute Gasteiger partial charge is 0.330 e. The van der Waals surface area contributed by atoms with Gasteiger partial charge in [0.2, 0.25) is 0 Å². The minimum Gasteiger partial charge on any atom is -0.330 e. The molecule has 0 fully saturated rings. The molecule has 1 rings (SSSR count). The molecular formula is C5H8N4O. The Morgan fingerprint density at radius 2 is 1.90 bits per heavy atom. The van der Waals surface area contributed by atoms with E-state index in [9.17, 15) is 4.79 Å². The molecule has 0 N–H and O–H groups in total. The second-order valence-corrected chi connectivity index (χ2v) is 2.05. The summed E-state index contributed by atoms with van der Waals surface area (Å²) >= 11 is 0. The number of hydrogen-bond donors (Lipinski definition) is 0. The van der Waals surface area contributed by atoms with Gasteiger partial charge in [0.25, 0.3) is 0 Å². The molecule has 0 aromatic carbocycles. The van der Waals surface area contributed by atoms with Gasteiger partial charge in [0.05, 0.1) is 0 Å². The van der Waals surface area contributed by atoms with Gasteiger partial charge in [0.15, 0.2) is 0 Å². The average molecular weight is 140 g/mol. The summed E-state index contributed by atoms with van der Waals surface area (Å²) in [4.78, 5) is 12.5. The molecule has 5 heteroatoms. The van der Waals surface area contributed by atoms with Crippen molar-refractivity contribution in [2.24, 2.45) is 0 Å².